The van der Waals surface area contributed by atoms with E-state index in [9.17, 15) is 0 Å². The smallest absolute Gasteiger partial charge is 0.0718 e. The van der Waals surface area contributed by atoms with Crippen molar-refractivity contribution in [2.45, 2.75) is 13.0 Å². The zero-order valence-electron chi connectivity index (χ0n) is 4.61. The highest BCUT2D eigenvalue weighted by Crippen LogP contribution is 1.83. The van der Waals surface area contributed by atoms with Gasteiger partial charge in [-0.2, -0.15) is 0 Å². The van der Waals surface area contributed by atoms with Crippen LogP contribution in [0.2, 0.25) is 0 Å². The first-order valence-corrected chi connectivity index (χ1v) is 2.22. The highest BCUT2D eigenvalue weighted by atomic mass is 16.5. The Morgan fingerprint density at radius 3 is 2.57 bits per heavy atom. The van der Waals surface area contributed by atoms with Gasteiger partial charge >= 0.3 is 0 Å². The van der Waals surface area contributed by atoms with Crippen LogP contribution in [0.3, 0.4) is 0 Å². The molecule has 0 aromatic heterocycles. The van der Waals surface area contributed by atoms with Crippen molar-refractivity contribution in [1.29, 1.82) is 0 Å². The highest BCUT2D eigenvalue weighted by Gasteiger charge is 1.85. The summed E-state index contributed by atoms with van der Waals surface area (Å²) in [6.07, 6.45) is 2.64. The van der Waals surface area contributed by atoms with Crippen molar-refractivity contribution in [1.82, 2.24) is 0 Å². The van der Waals surface area contributed by atoms with Crippen molar-refractivity contribution in [3.63, 3.8) is 0 Å². The zero-order valence-corrected chi connectivity index (χ0v) is 4.61. The maximum Gasteiger partial charge on any atom is 0.0718 e. The molecule has 0 aromatic rings. The third-order valence-corrected chi connectivity index (χ3v) is 0.470. The summed E-state index contributed by atoms with van der Waals surface area (Å²) in [5, 5.41) is 0. The molecule has 0 heterocycles. The summed E-state index contributed by atoms with van der Waals surface area (Å²) >= 11 is 0. The molecular formula is C6H10O. The molecule has 2 radical (unpaired) electrons. The van der Waals surface area contributed by atoms with Gasteiger partial charge in [-0.3, -0.25) is 0 Å². The Kier molecular flexibility index (Phi) is 3.71. The van der Waals surface area contributed by atoms with E-state index in [1.165, 1.54) is 0 Å². The topological polar surface area (TPSA) is 9.23 Å². The SMILES string of the molecule is [CH2]C(C)OC[C]=C. The summed E-state index contributed by atoms with van der Waals surface area (Å²) in [7, 11) is 0. The Hall–Kier alpha value is -0.300. The van der Waals surface area contributed by atoms with Gasteiger partial charge in [-0.15, -0.1) is 0 Å². The summed E-state index contributed by atoms with van der Waals surface area (Å²) in [6.45, 7) is 9.29. The average molecular weight is 98.1 g/mol. The van der Waals surface area contributed by atoms with Crippen LogP contribution in [0.5, 0.6) is 0 Å². The average Bonchev–Trinajstić information content (AvgIpc) is 1.61. The molecule has 1 atom stereocenters. The second-order valence-corrected chi connectivity index (χ2v) is 1.37. The molecule has 0 saturated carbocycles. The third kappa shape index (κ3) is 5.70. The molecule has 1 unspecified atom stereocenters. The fourth-order valence-corrected chi connectivity index (χ4v) is 0.201. The minimum atomic E-state index is 0.0502. The number of hydrogen-bond acceptors (Lipinski definition) is 1. The van der Waals surface area contributed by atoms with Crippen LogP contribution in [-0.4, -0.2) is 12.7 Å². The maximum atomic E-state index is 4.91. The van der Waals surface area contributed by atoms with Crippen molar-refractivity contribution >= 4 is 0 Å². The van der Waals surface area contributed by atoms with E-state index in [-0.39, 0.29) is 6.10 Å². The largest absolute Gasteiger partial charge is 0.374 e. The maximum absolute atomic E-state index is 4.91. The van der Waals surface area contributed by atoms with Gasteiger partial charge in [-0.05, 0) is 19.9 Å². The first kappa shape index (κ1) is 6.70. The van der Waals surface area contributed by atoms with Gasteiger partial charge in [0.1, 0.15) is 0 Å². The molecule has 7 heavy (non-hydrogen) atoms. The van der Waals surface area contributed by atoms with E-state index < -0.39 is 0 Å². The predicted octanol–water partition coefficient (Wildman–Crippen LogP) is 1.21. The van der Waals surface area contributed by atoms with Crippen molar-refractivity contribution in [2.75, 3.05) is 6.61 Å². The molecule has 40 valence electrons. The van der Waals surface area contributed by atoms with Gasteiger partial charge < -0.3 is 4.74 Å². The van der Waals surface area contributed by atoms with Crippen LogP contribution >= 0.6 is 0 Å². The van der Waals surface area contributed by atoms with E-state index >= 15 is 0 Å². The van der Waals surface area contributed by atoms with Crippen LogP contribution in [-0.2, 0) is 4.74 Å². The minimum absolute atomic E-state index is 0.0502. The minimum Gasteiger partial charge on any atom is -0.374 e. The molecular weight excluding hydrogens is 88.1 g/mol. The van der Waals surface area contributed by atoms with E-state index in [2.05, 4.69) is 19.6 Å². The number of rotatable bonds is 3. The molecule has 1 nitrogen and oxygen atoms in total. The lowest BCUT2D eigenvalue weighted by atomic mass is 10.5. The molecule has 0 spiro atoms. The first-order valence-electron chi connectivity index (χ1n) is 2.22. The normalized spacial score (nSPS) is 9.57. The Balaban J connectivity index is 2.81. The van der Waals surface area contributed by atoms with E-state index in [1.807, 2.05) is 6.92 Å². The molecule has 0 aliphatic carbocycles. The fourth-order valence-electron chi connectivity index (χ4n) is 0.201. The third-order valence-electron chi connectivity index (χ3n) is 0.470. The van der Waals surface area contributed by atoms with Crippen LogP contribution in [0.15, 0.2) is 6.58 Å². The monoisotopic (exact) mass is 98.1 g/mol. The molecule has 0 amide bonds. The number of ether oxygens (including phenoxy) is 1. The van der Waals surface area contributed by atoms with Gasteiger partial charge in [0.2, 0.25) is 0 Å². The van der Waals surface area contributed by atoms with Crippen LogP contribution in [0, 0.1) is 13.0 Å². The van der Waals surface area contributed by atoms with Gasteiger partial charge in [0, 0.05) is 0 Å². The zero-order chi connectivity index (χ0) is 5.70. The van der Waals surface area contributed by atoms with Crippen LogP contribution in [0.25, 0.3) is 0 Å². The van der Waals surface area contributed by atoms with E-state index in [0.29, 0.717) is 6.61 Å². The Morgan fingerprint density at radius 2 is 2.43 bits per heavy atom. The highest BCUT2D eigenvalue weighted by molar-refractivity contribution is 4.55. The molecule has 0 aliphatic rings. The summed E-state index contributed by atoms with van der Waals surface area (Å²) in [6, 6.07) is 0. The van der Waals surface area contributed by atoms with E-state index in [0.717, 1.165) is 0 Å². The summed E-state index contributed by atoms with van der Waals surface area (Å²) < 4.78 is 4.91. The molecule has 0 fully saturated rings. The summed E-state index contributed by atoms with van der Waals surface area (Å²) in [5.74, 6) is 0. The molecule has 1 heteroatoms. The number of hydrogen-bond donors (Lipinski definition) is 0. The van der Waals surface area contributed by atoms with Crippen LogP contribution < -0.4 is 0 Å². The lowest BCUT2D eigenvalue weighted by Crippen LogP contribution is -2.01. The molecule has 0 aliphatic heterocycles. The molecule has 0 bridgehead atoms. The quantitative estimate of drug-likeness (QED) is 0.515. The van der Waals surface area contributed by atoms with Crippen molar-refractivity contribution in [3.8, 4) is 0 Å². The van der Waals surface area contributed by atoms with Gasteiger partial charge in [-0.1, -0.05) is 6.58 Å². The van der Waals surface area contributed by atoms with Crippen molar-refractivity contribution < 1.29 is 4.74 Å². The predicted molar refractivity (Wildman–Crippen MR) is 29.6 cm³/mol. The van der Waals surface area contributed by atoms with Crippen LogP contribution in [0.4, 0.5) is 0 Å². The van der Waals surface area contributed by atoms with E-state index in [1.54, 1.807) is 0 Å². The Morgan fingerprint density at radius 1 is 1.86 bits per heavy atom. The molecule has 0 saturated heterocycles. The Bertz CT molecular complexity index is 48.1. The lowest BCUT2D eigenvalue weighted by Gasteiger charge is -2.00. The van der Waals surface area contributed by atoms with Gasteiger partial charge in [-0.25, -0.2) is 0 Å². The summed E-state index contributed by atoms with van der Waals surface area (Å²) in [5.41, 5.74) is 0. The van der Waals surface area contributed by atoms with Gasteiger partial charge in [0.05, 0.1) is 12.7 Å². The summed E-state index contributed by atoms with van der Waals surface area (Å²) in [4.78, 5) is 0. The van der Waals surface area contributed by atoms with Crippen molar-refractivity contribution in [3.05, 3.63) is 19.6 Å². The first-order chi connectivity index (χ1) is 3.27. The second kappa shape index (κ2) is 3.88. The fraction of sp³-hybridized carbons (Fsp3) is 0.500. The van der Waals surface area contributed by atoms with E-state index in [4.69, 9.17) is 4.74 Å². The molecule has 0 aromatic carbocycles. The van der Waals surface area contributed by atoms with Crippen LogP contribution in [0.1, 0.15) is 6.92 Å². The standard InChI is InChI=1S/C6H10O/c1-4-5-7-6(2)3/h6H,1-2,5H2,3H3. The molecule has 0 N–H and O–H groups in total. The second-order valence-electron chi connectivity index (χ2n) is 1.37. The van der Waals surface area contributed by atoms with Gasteiger partial charge in [0.15, 0.2) is 0 Å². The van der Waals surface area contributed by atoms with Crippen molar-refractivity contribution in [2.24, 2.45) is 0 Å². The Labute approximate surface area is 45.0 Å². The lowest BCUT2D eigenvalue weighted by molar-refractivity contribution is 0.118. The molecule has 0 rings (SSSR count). The van der Waals surface area contributed by atoms with Gasteiger partial charge in [0.25, 0.3) is 0 Å².